The van der Waals surface area contributed by atoms with Gasteiger partial charge in [-0.05, 0) is 54.9 Å². The van der Waals surface area contributed by atoms with Gasteiger partial charge in [-0.2, -0.15) is 0 Å². The van der Waals surface area contributed by atoms with E-state index in [1.807, 2.05) is 36.2 Å². The van der Waals surface area contributed by atoms with Crippen LogP contribution >= 0.6 is 0 Å². The highest BCUT2D eigenvalue weighted by Crippen LogP contribution is 2.38. The summed E-state index contributed by atoms with van der Waals surface area (Å²) in [6.45, 7) is 2.50. The van der Waals surface area contributed by atoms with Crippen LogP contribution in [-0.2, 0) is 25.6 Å². The van der Waals surface area contributed by atoms with Gasteiger partial charge in [0.05, 0.1) is 31.5 Å². The molecule has 3 aromatic carbocycles. The van der Waals surface area contributed by atoms with Crippen molar-refractivity contribution in [2.24, 2.45) is 0 Å². The average molecular weight is 594 g/mol. The Morgan fingerprint density at radius 1 is 1.05 bits per heavy atom. The van der Waals surface area contributed by atoms with Gasteiger partial charge < -0.3 is 45.1 Å². The van der Waals surface area contributed by atoms with E-state index in [0.717, 1.165) is 16.7 Å². The van der Waals surface area contributed by atoms with Gasteiger partial charge in [-0.1, -0.05) is 48.5 Å². The summed E-state index contributed by atoms with van der Waals surface area (Å²) in [5.74, 6) is -0.419. The molecule has 2 amide bonds. The lowest BCUT2D eigenvalue weighted by Gasteiger charge is -2.38. The largest absolute Gasteiger partial charge is 0.508 e. The van der Waals surface area contributed by atoms with Crippen molar-refractivity contribution in [3.8, 4) is 5.75 Å². The quantitative estimate of drug-likeness (QED) is 0.198. The SMILES string of the molecule is CCOC(=O)CNC(=O)Nc1ccc([C@@H]2O[C@H](CN(C)C[C@@H](O)c3cccc(O)c3)C[C@H](c3ccc(CO)cc3)O2)cc1. The monoisotopic (exact) mass is 593 g/mol. The first-order chi connectivity index (χ1) is 20.7. The highest BCUT2D eigenvalue weighted by atomic mass is 16.7. The fourth-order valence-electron chi connectivity index (χ4n) is 4.85. The van der Waals surface area contributed by atoms with Crippen LogP contribution in [0.5, 0.6) is 5.75 Å². The predicted molar refractivity (Wildman–Crippen MR) is 159 cm³/mol. The van der Waals surface area contributed by atoms with Crippen LogP contribution in [0.2, 0.25) is 0 Å². The molecule has 11 nitrogen and oxygen atoms in total. The highest BCUT2D eigenvalue weighted by molar-refractivity contribution is 5.91. The smallest absolute Gasteiger partial charge is 0.325 e. The molecule has 230 valence electrons. The Morgan fingerprint density at radius 2 is 1.77 bits per heavy atom. The number of nitrogens with one attached hydrogen (secondary N) is 2. The van der Waals surface area contributed by atoms with Gasteiger partial charge in [0, 0.05) is 30.8 Å². The zero-order chi connectivity index (χ0) is 30.8. The Morgan fingerprint density at radius 3 is 2.44 bits per heavy atom. The summed E-state index contributed by atoms with van der Waals surface area (Å²) in [6.07, 6.45) is -1.44. The lowest BCUT2D eigenvalue weighted by atomic mass is 9.99. The van der Waals surface area contributed by atoms with Gasteiger partial charge in [0.2, 0.25) is 0 Å². The minimum Gasteiger partial charge on any atom is -0.508 e. The number of hydrogen-bond acceptors (Lipinski definition) is 9. The molecule has 1 aliphatic rings. The minimum atomic E-state index is -0.788. The van der Waals surface area contributed by atoms with Crippen LogP contribution in [0.25, 0.3) is 0 Å². The molecule has 0 saturated carbocycles. The number of benzene rings is 3. The van der Waals surface area contributed by atoms with E-state index in [0.29, 0.717) is 30.8 Å². The molecule has 0 bridgehead atoms. The molecule has 0 spiro atoms. The molecule has 1 fully saturated rings. The first-order valence-corrected chi connectivity index (χ1v) is 14.2. The number of rotatable bonds is 12. The van der Waals surface area contributed by atoms with Crippen LogP contribution in [0.15, 0.2) is 72.8 Å². The number of likely N-dealkylation sites (N-methyl/N-ethyl adjacent to an activating group) is 1. The van der Waals surface area contributed by atoms with Crippen LogP contribution in [-0.4, -0.2) is 71.6 Å². The molecule has 11 heteroatoms. The van der Waals surface area contributed by atoms with Crippen molar-refractivity contribution in [3.63, 3.8) is 0 Å². The van der Waals surface area contributed by atoms with Gasteiger partial charge in [-0.15, -0.1) is 0 Å². The molecule has 0 unspecified atom stereocenters. The minimum absolute atomic E-state index is 0.0479. The number of phenols is 1. The summed E-state index contributed by atoms with van der Waals surface area (Å²) in [5, 5.41) is 35.1. The molecule has 0 aromatic heterocycles. The van der Waals surface area contributed by atoms with E-state index in [1.165, 1.54) is 0 Å². The van der Waals surface area contributed by atoms with Gasteiger partial charge in [-0.3, -0.25) is 4.79 Å². The van der Waals surface area contributed by atoms with Crippen LogP contribution in [0.3, 0.4) is 0 Å². The number of urea groups is 1. The number of phenolic OH excluding ortho intramolecular Hbond substituents is 1. The Bertz CT molecular complexity index is 1340. The van der Waals surface area contributed by atoms with Crippen LogP contribution in [0, 0.1) is 0 Å². The van der Waals surface area contributed by atoms with Crippen molar-refractivity contribution in [1.82, 2.24) is 10.2 Å². The fraction of sp³-hybridized carbons (Fsp3) is 0.375. The lowest BCUT2D eigenvalue weighted by Crippen LogP contribution is -2.39. The van der Waals surface area contributed by atoms with Gasteiger partial charge in [0.15, 0.2) is 6.29 Å². The third kappa shape index (κ3) is 9.50. The molecule has 1 saturated heterocycles. The molecule has 5 N–H and O–H groups in total. The van der Waals surface area contributed by atoms with Crippen molar-refractivity contribution in [2.45, 2.75) is 44.6 Å². The average Bonchev–Trinajstić information content (AvgIpc) is 3.00. The fourth-order valence-corrected chi connectivity index (χ4v) is 4.85. The molecule has 0 aliphatic carbocycles. The summed E-state index contributed by atoms with van der Waals surface area (Å²) in [4.78, 5) is 25.6. The maximum atomic E-state index is 12.2. The second kappa shape index (κ2) is 15.5. The number of hydrogen-bond donors (Lipinski definition) is 5. The molecule has 0 radical (unpaired) electrons. The molecule has 1 heterocycles. The predicted octanol–water partition coefficient (Wildman–Crippen LogP) is 3.78. The van der Waals surface area contributed by atoms with Gasteiger partial charge in [0.25, 0.3) is 0 Å². The van der Waals surface area contributed by atoms with E-state index < -0.39 is 24.4 Å². The second-order valence-corrected chi connectivity index (χ2v) is 10.4. The second-order valence-electron chi connectivity index (χ2n) is 10.4. The Labute approximate surface area is 251 Å². The van der Waals surface area contributed by atoms with Crippen molar-refractivity contribution in [2.75, 3.05) is 38.6 Å². The van der Waals surface area contributed by atoms with E-state index in [-0.39, 0.29) is 37.7 Å². The summed E-state index contributed by atoms with van der Waals surface area (Å²) in [6, 6.07) is 20.7. The van der Waals surface area contributed by atoms with Crippen molar-refractivity contribution >= 4 is 17.7 Å². The Hall–Kier alpha value is -4.00. The van der Waals surface area contributed by atoms with E-state index in [4.69, 9.17) is 14.2 Å². The number of aliphatic hydroxyl groups is 2. The van der Waals surface area contributed by atoms with Gasteiger partial charge >= 0.3 is 12.0 Å². The lowest BCUT2D eigenvalue weighted by molar-refractivity contribution is -0.252. The molecular formula is C32H39N3O8. The number of carbonyl (C=O) groups excluding carboxylic acids is 2. The number of aromatic hydroxyl groups is 1. The number of ether oxygens (including phenoxy) is 3. The number of carbonyl (C=O) groups is 2. The summed E-state index contributed by atoms with van der Waals surface area (Å²) < 4.78 is 17.6. The van der Waals surface area contributed by atoms with Crippen molar-refractivity contribution in [1.29, 1.82) is 0 Å². The number of amides is 2. The van der Waals surface area contributed by atoms with E-state index >= 15 is 0 Å². The number of aliphatic hydroxyl groups excluding tert-OH is 2. The van der Waals surface area contributed by atoms with Crippen molar-refractivity contribution in [3.05, 3.63) is 95.1 Å². The molecule has 1 aliphatic heterocycles. The van der Waals surface area contributed by atoms with Crippen LogP contribution < -0.4 is 10.6 Å². The van der Waals surface area contributed by atoms with Crippen LogP contribution in [0.1, 0.15) is 54.1 Å². The number of nitrogens with zero attached hydrogens (tertiary/aromatic N) is 1. The number of esters is 1. The Balaban J connectivity index is 1.43. The number of anilines is 1. The molecule has 43 heavy (non-hydrogen) atoms. The topological polar surface area (TPSA) is 150 Å². The van der Waals surface area contributed by atoms with E-state index in [1.54, 1.807) is 55.5 Å². The Kier molecular flexibility index (Phi) is 11.5. The maximum absolute atomic E-state index is 12.2. The summed E-state index contributed by atoms with van der Waals surface area (Å²) in [7, 11) is 1.90. The van der Waals surface area contributed by atoms with Crippen molar-refractivity contribution < 1.29 is 39.1 Å². The molecular weight excluding hydrogens is 554 g/mol. The zero-order valence-corrected chi connectivity index (χ0v) is 24.3. The third-order valence-electron chi connectivity index (χ3n) is 7.01. The molecule has 3 aromatic rings. The van der Waals surface area contributed by atoms with Gasteiger partial charge in [0.1, 0.15) is 12.3 Å². The first-order valence-electron chi connectivity index (χ1n) is 14.2. The van der Waals surface area contributed by atoms with E-state index in [9.17, 15) is 24.9 Å². The summed E-state index contributed by atoms with van der Waals surface area (Å²) >= 11 is 0. The normalized spacial score (nSPS) is 19.0. The van der Waals surface area contributed by atoms with E-state index in [2.05, 4.69) is 10.6 Å². The zero-order valence-electron chi connectivity index (χ0n) is 24.3. The maximum Gasteiger partial charge on any atom is 0.325 e. The summed E-state index contributed by atoms with van der Waals surface area (Å²) in [5.41, 5.74) is 3.66. The first kappa shape index (κ1) is 31.9. The highest BCUT2D eigenvalue weighted by Gasteiger charge is 2.33. The molecule has 4 atom stereocenters. The third-order valence-corrected chi connectivity index (χ3v) is 7.01. The molecule has 4 rings (SSSR count). The van der Waals surface area contributed by atoms with Crippen LogP contribution in [0.4, 0.5) is 10.5 Å². The standard InChI is InChI=1S/C32H39N3O8/c1-3-41-30(39)17-33-32(40)34-25-13-11-23(12-14-25)31-42-27(16-29(43-31)22-9-7-21(20-36)8-10-22)18-35(2)19-28(38)24-5-4-6-26(37)15-24/h4-15,27-29,31,36-38H,3,16-20H2,1-2H3,(H2,33,34,40)/t27-,28+,29+,31+/m0/s1. The van der Waals surface area contributed by atoms with Gasteiger partial charge in [-0.25, -0.2) is 4.79 Å².